The molecule has 1 unspecified atom stereocenters. The highest BCUT2D eigenvalue weighted by Crippen LogP contribution is 2.22. The van der Waals surface area contributed by atoms with Crippen LogP contribution in [-0.2, 0) is 0 Å². The molecule has 0 nitrogen and oxygen atoms in total. The molecule has 0 heterocycles. The summed E-state index contributed by atoms with van der Waals surface area (Å²) >= 11 is 0. The summed E-state index contributed by atoms with van der Waals surface area (Å²) in [4.78, 5) is 0. The fourth-order valence-electron chi connectivity index (χ4n) is 1.20. The maximum Gasteiger partial charge on any atom is 0.123 e. The van der Waals surface area contributed by atoms with Gasteiger partial charge >= 0.3 is 0 Å². The highest BCUT2D eigenvalue weighted by molar-refractivity contribution is 5.34. The Morgan fingerprint density at radius 1 is 1.27 bits per heavy atom. The van der Waals surface area contributed by atoms with Crippen molar-refractivity contribution in [2.45, 2.75) is 26.9 Å². The van der Waals surface area contributed by atoms with Gasteiger partial charge in [0.05, 0.1) is 0 Å². The van der Waals surface area contributed by atoms with Crippen LogP contribution in [-0.4, -0.2) is 0 Å². The van der Waals surface area contributed by atoms with Crippen molar-refractivity contribution in [2.24, 2.45) is 0 Å². The van der Waals surface area contributed by atoms with Crippen molar-refractivity contribution in [2.75, 3.05) is 0 Å². The molecule has 1 aromatic rings. The highest BCUT2D eigenvalue weighted by atomic mass is 19.1. The van der Waals surface area contributed by atoms with Gasteiger partial charge in [0.15, 0.2) is 0 Å². The van der Waals surface area contributed by atoms with Crippen LogP contribution < -0.4 is 0 Å². The number of aryl methyl sites for hydroxylation is 1. The molecule has 0 saturated carbocycles. The normalized spacial score (nSPS) is 13.1. The SMILES string of the molecule is Cc1cccc(C(C)F)c1C. The molecule has 0 aliphatic rings. The van der Waals surface area contributed by atoms with Crippen LogP contribution in [0.3, 0.4) is 0 Å². The number of hydrogen-bond donors (Lipinski definition) is 0. The number of rotatable bonds is 1. The van der Waals surface area contributed by atoms with Gasteiger partial charge in [-0.2, -0.15) is 0 Å². The third-order valence-corrected chi connectivity index (χ3v) is 2.08. The molecule has 0 radical (unpaired) electrons. The molecule has 0 saturated heterocycles. The van der Waals surface area contributed by atoms with Crippen molar-refractivity contribution in [3.8, 4) is 0 Å². The molecule has 0 aliphatic heterocycles. The fraction of sp³-hybridized carbons (Fsp3) is 0.400. The summed E-state index contributed by atoms with van der Waals surface area (Å²) in [6, 6.07) is 5.74. The summed E-state index contributed by atoms with van der Waals surface area (Å²) in [5.41, 5.74) is 3.04. The molecule has 11 heavy (non-hydrogen) atoms. The maximum absolute atomic E-state index is 12.9. The van der Waals surface area contributed by atoms with Crippen molar-refractivity contribution >= 4 is 0 Å². The molecule has 1 atom stereocenters. The summed E-state index contributed by atoms with van der Waals surface area (Å²) < 4.78 is 12.9. The predicted octanol–water partition coefficient (Wildman–Crippen LogP) is 3.33. The second-order valence-electron chi connectivity index (χ2n) is 2.91. The molecule has 60 valence electrons. The van der Waals surface area contributed by atoms with E-state index in [0.29, 0.717) is 0 Å². The summed E-state index contributed by atoms with van der Waals surface area (Å²) in [6.07, 6.45) is -0.852. The van der Waals surface area contributed by atoms with E-state index in [4.69, 9.17) is 0 Å². The molecule has 0 bridgehead atoms. The smallest absolute Gasteiger partial charge is 0.123 e. The summed E-state index contributed by atoms with van der Waals surface area (Å²) in [7, 11) is 0. The van der Waals surface area contributed by atoms with Crippen molar-refractivity contribution < 1.29 is 4.39 Å². The zero-order chi connectivity index (χ0) is 8.43. The average Bonchev–Trinajstić information content (AvgIpc) is 1.94. The largest absolute Gasteiger partial charge is 0.243 e. The fourth-order valence-corrected chi connectivity index (χ4v) is 1.20. The van der Waals surface area contributed by atoms with Crippen LogP contribution >= 0.6 is 0 Å². The van der Waals surface area contributed by atoms with E-state index in [0.717, 1.165) is 16.7 Å². The lowest BCUT2D eigenvalue weighted by atomic mass is 10.0. The van der Waals surface area contributed by atoms with Crippen LogP contribution in [0.4, 0.5) is 4.39 Å². The third kappa shape index (κ3) is 1.59. The van der Waals surface area contributed by atoms with Gasteiger partial charge in [-0.25, -0.2) is 4.39 Å². The Morgan fingerprint density at radius 3 is 2.36 bits per heavy atom. The molecular weight excluding hydrogens is 139 g/mol. The number of halogens is 1. The lowest BCUT2D eigenvalue weighted by Gasteiger charge is -2.08. The third-order valence-electron chi connectivity index (χ3n) is 2.08. The number of alkyl halides is 1. The summed E-state index contributed by atoms with van der Waals surface area (Å²) in [6.45, 7) is 5.53. The minimum absolute atomic E-state index is 0.810. The van der Waals surface area contributed by atoms with Crippen LogP contribution in [0.2, 0.25) is 0 Å². The lowest BCUT2D eigenvalue weighted by Crippen LogP contribution is -1.92. The molecule has 1 heteroatoms. The predicted molar refractivity (Wildman–Crippen MR) is 45.4 cm³/mol. The van der Waals surface area contributed by atoms with Crippen molar-refractivity contribution in [1.29, 1.82) is 0 Å². The number of hydrogen-bond acceptors (Lipinski definition) is 0. The second kappa shape index (κ2) is 3.04. The first-order chi connectivity index (χ1) is 5.13. The lowest BCUT2D eigenvalue weighted by molar-refractivity contribution is 0.372. The second-order valence-corrected chi connectivity index (χ2v) is 2.91. The van der Waals surface area contributed by atoms with Crippen LogP contribution in [0.5, 0.6) is 0 Å². The Hall–Kier alpha value is -0.850. The van der Waals surface area contributed by atoms with Gasteiger partial charge in [-0.1, -0.05) is 18.2 Å². The van der Waals surface area contributed by atoms with Crippen LogP contribution in [0.1, 0.15) is 29.8 Å². The van der Waals surface area contributed by atoms with E-state index < -0.39 is 6.17 Å². The van der Waals surface area contributed by atoms with Gasteiger partial charge in [-0.3, -0.25) is 0 Å². The van der Waals surface area contributed by atoms with Crippen molar-refractivity contribution in [3.63, 3.8) is 0 Å². The van der Waals surface area contributed by atoms with E-state index in [1.165, 1.54) is 0 Å². The molecule has 0 amide bonds. The highest BCUT2D eigenvalue weighted by Gasteiger charge is 2.06. The van der Waals surface area contributed by atoms with Crippen LogP contribution in [0.25, 0.3) is 0 Å². The molecular formula is C10H13F. The minimum atomic E-state index is -0.852. The van der Waals surface area contributed by atoms with E-state index in [1.807, 2.05) is 32.0 Å². The molecule has 0 aliphatic carbocycles. The first-order valence-electron chi connectivity index (χ1n) is 3.83. The zero-order valence-corrected chi connectivity index (χ0v) is 7.19. The molecule has 0 spiro atoms. The average molecular weight is 152 g/mol. The summed E-state index contributed by atoms with van der Waals surface area (Å²) in [5, 5.41) is 0. The maximum atomic E-state index is 12.9. The monoisotopic (exact) mass is 152 g/mol. The molecule has 0 N–H and O–H groups in total. The van der Waals surface area contributed by atoms with Gasteiger partial charge in [0, 0.05) is 0 Å². The summed E-state index contributed by atoms with van der Waals surface area (Å²) in [5.74, 6) is 0. The zero-order valence-electron chi connectivity index (χ0n) is 7.19. The number of benzene rings is 1. The molecule has 1 aromatic carbocycles. The Bertz CT molecular complexity index is 251. The van der Waals surface area contributed by atoms with Gasteiger partial charge < -0.3 is 0 Å². The van der Waals surface area contributed by atoms with Gasteiger partial charge in [-0.15, -0.1) is 0 Å². The molecule has 1 rings (SSSR count). The van der Waals surface area contributed by atoms with Gasteiger partial charge in [0.2, 0.25) is 0 Å². The van der Waals surface area contributed by atoms with Gasteiger partial charge in [-0.05, 0) is 37.5 Å². The van der Waals surface area contributed by atoms with E-state index in [2.05, 4.69) is 0 Å². The first kappa shape index (κ1) is 8.25. The van der Waals surface area contributed by atoms with Crippen LogP contribution in [0, 0.1) is 13.8 Å². The van der Waals surface area contributed by atoms with E-state index in [9.17, 15) is 4.39 Å². The van der Waals surface area contributed by atoms with Crippen molar-refractivity contribution in [1.82, 2.24) is 0 Å². The molecule has 0 fully saturated rings. The van der Waals surface area contributed by atoms with E-state index >= 15 is 0 Å². The van der Waals surface area contributed by atoms with Gasteiger partial charge in [0.1, 0.15) is 6.17 Å². The van der Waals surface area contributed by atoms with E-state index in [1.54, 1.807) is 6.92 Å². The first-order valence-corrected chi connectivity index (χ1v) is 3.83. The van der Waals surface area contributed by atoms with Crippen LogP contribution in [0.15, 0.2) is 18.2 Å². The standard InChI is InChI=1S/C10H13F/c1-7-5-4-6-10(8(7)2)9(3)11/h4-6,9H,1-3H3. The Kier molecular flexibility index (Phi) is 2.28. The quantitative estimate of drug-likeness (QED) is 0.579. The van der Waals surface area contributed by atoms with Crippen molar-refractivity contribution in [3.05, 3.63) is 34.9 Å². The minimum Gasteiger partial charge on any atom is -0.243 e. The van der Waals surface area contributed by atoms with E-state index in [-0.39, 0.29) is 0 Å². The Balaban J connectivity index is 3.17. The topological polar surface area (TPSA) is 0 Å². The Labute approximate surface area is 67.1 Å². The molecule has 0 aromatic heterocycles. The Morgan fingerprint density at radius 2 is 1.91 bits per heavy atom. The van der Waals surface area contributed by atoms with Gasteiger partial charge in [0.25, 0.3) is 0 Å².